The molecule has 1 heterocycles. The van der Waals surface area contributed by atoms with Crippen LogP contribution in [0.1, 0.15) is 16.7 Å². The van der Waals surface area contributed by atoms with E-state index in [-0.39, 0.29) is 0 Å². The average molecular weight is 734 g/mol. The first-order valence-corrected chi connectivity index (χ1v) is 16.5. The number of hydrogen-bond donors (Lipinski definition) is 0. The molecule has 30 heavy (non-hydrogen) atoms. The number of aryl methyl sites for hydroxylation is 3. The summed E-state index contributed by atoms with van der Waals surface area (Å²) in [5, 5.41) is 0. The van der Waals surface area contributed by atoms with Gasteiger partial charge < -0.3 is 0 Å². The van der Waals surface area contributed by atoms with Crippen LogP contribution in [0.15, 0.2) is 72.8 Å². The Labute approximate surface area is 208 Å². The molecular weight excluding hydrogens is 713 g/mol. The Morgan fingerprint density at radius 1 is 0.400 bits per heavy atom. The first kappa shape index (κ1) is 22.2. The fourth-order valence-electron chi connectivity index (χ4n) is 2.59. The van der Waals surface area contributed by atoms with Crippen LogP contribution in [0.25, 0.3) is 0 Å². The summed E-state index contributed by atoms with van der Waals surface area (Å²) in [6.45, 7) is 6.38. The molecule has 3 nitrogen and oxygen atoms in total. The van der Waals surface area contributed by atoms with Crippen LogP contribution in [0, 0.1) is 20.8 Å². The number of rotatable bonds is 6. The number of hydrogen-bond acceptors (Lipinski definition) is 3. The maximum absolute atomic E-state index is 4.94. The molecule has 0 spiro atoms. The molecule has 0 bridgehead atoms. The van der Waals surface area contributed by atoms with E-state index in [2.05, 4.69) is 93.6 Å². The molecule has 0 unspecified atom stereocenters. The molecular formula is C24H21N3Te3. The van der Waals surface area contributed by atoms with E-state index < -0.39 is 62.8 Å². The van der Waals surface area contributed by atoms with Gasteiger partial charge in [0.05, 0.1) is 0 Å². The summed E-state index contributed by atoms with van der Waals surface area (Å²) in [5.74, 6) is 0. The Kier molecular flexibility index (Phi) is 7.84. The van der Waals surface area contributed by atoms with Crippen LogP contribution < -0.4 is 22.5 Å². The van der Waals surface area contributed by atoms with Crippen molar-refractivity contribution < 1.29 is 0 Å². The van der Waals surface area contributed by atoms with Crippen LogP contribution in [0.5, 0.6) is 0 Å². The van der Waals surface area contributed by atoms with Gasteiger partial charge in [0.15, 0.2) is 0 Å². The van der Waals surface area contributed by atoms with Crippen LogP contribution in [-0.4, -0.2) is 77.7 Å². The van der Waals surface area contributed by atoms with E-state index in [0.717, 1.165) is 11.6 Å². The minimum atomic E-state index is -0.611. The van der Waals surface area contributed by atoms with E-state index in [1.165, 1.54) is 27.5 Å². The van der Waals surface area contributed by atoms with Gasteiger partial charge in [-0.3, -0.25) is 0 Å². The monoisotopic (exact) mass is 741 g/mol. The molecule has 0 radical (unpaired) electrons. The van der Waals surface area contributed by atoms with E-state index in [4.69, 9.17) is 15.0 Å². The predicted molar refractivity (Wildman–Crippen MR) is 128 cm³/mol. The Hall–Kier alpha value is -0.961. The van der Waals surface area contributed by atoms with Gasteiger partial charge in [-0.1, -0.05) is 0 Å². The molecule has 0 fully saturated rings. The first-order chi connectivity index (χ1) is 14.5. The second-order valence-electron chi connectivity index (χ2n) is 6.93. The van der Waals surface area contributed by atoms with Gasteiger partial charge in [0, 0.05) is 0 Å². The molecule has 4 aromatic rings. The zero-order valence-electron chi connectivity index (χ0n) is 17.0. The number of benzene rings is 3. The van der Waals surface area contributed by atoms with E-state index in [1.807, 2.05) is 0 Å². The van der Waals surface area contributed by atoms with Crippen LogP contribution in [0.2, 0.25) is 0 Å². The SMILES string of the molecule is Cc1ccc([Te]c2nc([Te]c3ccc(C)cc3)nc([Te]c3ccc(C)cc3)n2)cc1. The van der Waals surface area contributed by atoms with E-state index in [9.17, 15) is 0 Å². The third-order valence-corrected chi connectivity index (χ3v) is 11.7. The quantitative estimate of drug-likeness (QED) is 0.257. The van der Waals surface area contributed by atoms with Crippen molar-refractivity contribution in [3.05, 3.63) is 89.5 Å². The van der Waals surface area contributed by atoms with Crippen molar-refractivity contribution in [2.75, 3.05) is 0 Å². The topological polar surface area (TPSA) is 38.7 Å². The molecule has 0 amide bonds. The molecule has 0 aliphatic heterocycles. The minimum absolute atomic E-state index is 0.611. The van der Waals surface area contributed by atoms with Gasteiger partial charge in [-0.05, 0) is 0 Å². The van der Waals surface area contributed by atoms with Crippen molar-refractivity contribution in [3.63, 3.8) is 0 Å². The van der Waals surface area contributed by atoms with Gasteiger partial charge in [-0.15, -0.1) is 0 Å². The summed E-state index contributed by atoms with van der Waals surface area (Å²) in [4.78, 5) is 14.8. The molecule has 150 valence electrons. The summed E-state index contributed by atoms with van der Waals surface area (Å²) in [7, 11) is 0. The Balaban J connectivity index is 1.64. The molecule has 0 aliphatic carbocycles. The summed E-state index contributed by atoms with van der Waals surface area (Å²) >= 11 is -1.83. The van der Waals surface area contributed by atoms with Crippen LogP contribution in [0.3, 0.4) is 0 Å². The van der Waals surface area contributed by atoms with Crippen LogP contribution >= 0.6 is 0 Å². The molecule has 0 atom stereocenters. The molecule has 0 saturated heterocycles. The third kappa shape index (κ3) is 6.52. The summed E-state index contributed by atoms with van der Waals surface area (Å²) in [6.07, 6.45) is 0. The van der Waals surface area contributed by atoms with Gasteiger partial charge >= 0.3 is 210 Å². The second kappa shape index (κ2) is 10.6. The standard InChI is InChI=1S/C24H21N3Te3/c1-16-4-10-19(11-5-16)28-22-25-23(29-20-12-6-17(2)7-13-20)27-24(26-22)30-21-14-8-18(3)9-15-21/h4-15H,1-3H3. The fraction of sp³-hybridized carbons (Fsp3) is 0.125. The van der Waals surface area contributed by atoms with Crippen molar-refractivity contribution in [2.45, 2.75) is 20.8 Å². The first-order valence-electron chi connectivity index (χ1n) is 9.53. The van der Waals surface area contributed by atoms with Crippen molar-refractivity contribution in [1.29, 1.82) is 0 Å². The van der Waals surface area contributed by atoms with Crippen molar-refractivity contribution >= 4 is 85.2 Å². The summed E-state index contributed by atoms with van der Waals surface area (Å²) < 4.78 is 7.21. The normalized spacial score (nSPS) is 10.9. The fourth-order valence-corrected chi connectivity index (χ4v) is 10.7. The Bertz CT molecular complexity index is 967. The zero-order valence-corrected chi connectivity index (χ0v) is 24.0. The molecule has 0 saturated carbocycles. The Morgan fingerprint density at radius 3 is 0.867 bits per heavy atom. The van der Waals surface area contributed by atoms with E-state index in [0.29, 0.717) is 0 Å². The number of nitrogens with zero attached hydrogens (tertiary/aromatic N) is 3. The second-order valence-corrected chi connectivity index (χ2v) is 15.8. The molecule has 0 aliphatic rings. The van der Waals surface area contributed by atoms with E-state index >= 15 is 0 Å². The van der Waals surface area contributed by atoms with Gasteiger partial charge in [0.1, 0.15) is 0 Å². The predicted octanol–water partition coefficient (Wildman–Crippen LogP) is -0.238. The van der Waals surface area contributed by atoms with Crippen LogP contribution in [0.4, 0.5) is 0 Å². The van der Waals surface area contributed by atoms with Crippen molar-refractivity contribution in [2.24, 2.45) is 0 Å². The summed E-state index contributed by atoms with van der Waals surface area (Å²) in [6, 6.07) is 26.5. The number of aromatic nitrogens is 3. The molecule has 3 aromatic carbocycles. The van der Waals surface area contributed by atoms with Crippen molar-refractivity contribution in [1.82, 2.24) is 15.0 Å². The Morgan fingerprint density at radius 2 is 0.633 bits per heavy atom. The van der Waals surface area contributed by atoms with Gasteiger partial charge in [-0.2, -0.15) is 0 Å². The maximum atomic E-state index is 4.94. The van der Waals surface area contributed by atoms with E-state index in [1.54, 1.807) is 0 Å². The van der Waals surface area contributed by atoms with Gasteiger partial charge in [0.25, 0.3) is 0 Å². The molecule has 0 N–H and O–H groups in total. The average Bonchev–Trinajstić information content (AvgIpc) is 2.73. The van der Waals surface area contributed by atoms with Crippen molar-refractivity contribution in [3.8, 4) is 0 Å². The third-order valence-electron chi connectivity index (χ3n) is 4.26. The molecule has 4 rings (SSSR count). The molecule has 6 heteroatoms. The zero-order chi connectivity index (χ0) is 20.9. The van der Waals surface area contributed by atoms with Crippen LogP contribution in [-0.2, 0) is 0 Å². The summed E-state index contributed by atoms with van der Waals surface area (Å²) in [5.41, 5.74) is 3.88. The van der Waals surface area contributed by atoms with Gasteiger partial charge in [-0.25, -0.2) is 0 Å². The van der Waals surface area contributed by atoms with Gasteiger partial charge in [0.2, 0.25) is 0 Å². The molecule has 1 aromatic heterocycles.